The molecule has 4 N–H and O–H groups in total. The first kappa shape index (κ1) is 21.0. The monoisotopic (exact) mass is 470 g/mol. The van der Waals surface area contributed by atoms with Gasteiger partial charge in [0.1, 0.15) is 0 Å². The van der Waals surface area contributed by atoms with Crippen molar-refractivity contribution in [2.24, 2.45) is 4.99 Å². The Kier molecular flexibility index (Phi) is 7.76. The average Bonchev–Trinajstić information content (AvgIpc) is 3.17. The molecule has 0 aliphatic heterocycles. The smallest absolute Gasteiger partial charge is 0.191 e. The van der Waals surface area contributed by atoms with Gasteiger partial charge in [0, 0.05) is 29.7 Å². The lowest BCUT2D eigenvalue weighted by Crippen LogP contribution is -2.40. The van der Waals surface area contributed by atoms with Crippen LogP contribution in [0.1, 0.15) is 43.9 Å². The largest absolute Gasteiger partial charge is 0.388 e. The zero-order chi connectivity index (χ0) is 17.7. The SMILES string of the molecule is CCNC(=NCC1(O)CCCC1)NCCc1c(C)[nH]c2ccccc12.I. The number of para-hydroxylation sites is 1. The summed E-state index contributed by atoms with van der Waals surface area (Å²) in [6.45, 7) is 6.30. The number of hydrogen-bond acceptors (Lipinski definition) is 2. The third-order valence-corrected chi connectivity index (χ3v) is 5.10. The number of hydrogen-bond donors (Lipinski definition) is 4. The summed E-state index contributed by atoms with van der Waals surface area (Å²) in [5.41, 5.74) is 3.17. The molecule has 1 aromatic carbocycles. The predicted molar refractivity (Wildman–Crippen MR) is 120 cm³/mol. The van der Waals surface area contributed by atoms with E-state index in [1.54, 1.807) is 0 Å². The van der Waals surface area contributed by atoms with Crippen LogP contribution in [0.25, 0.3) is 10.9 Å². The van der Waals surface area contributed by atoms with Gasteiger partial charge in [-0.25, -0.2) is 0 Å². The minimum atomic E-state index is -0.601. The Morgan fingerprint density at radius 1 is 1.23 bits per heavy atom. The van der Waals surface area contributed by atoms with Crippen LogP contribution >= 0.6 is 24.0 Å². The van der Waals surface area contributed by atoms with Gasteiger partial charge in [0.2, 0.25) is 0 Å². The van der Waals surface area contributed by atoms with Crippen molar-refractivity contribution in [2.45, 2.75) is 51.6 Å². The molecule has 0 bridgehead atoms. The molecular formula is C20H31IN4O. The van der Waals surface area contributed by atoms with Crippen molar-refractivity contribution in [1.82, 2.24) is 15.6 Å². The van der Waals surface area contributed by atoms with Crippen LogP contribution in [0.3, 0.4) is 0 Å². The van der Waals surface area contributed by atoms with Crippen LogP contribution < -0.4 is 10.6 Å². The molecule has 2 aromatic rings. The highest BCUT2D eigenvalue weighted by atomic mass is 127. The van der Waals surface area contributed by atoms with E-state index in [1.807, 2.05) is 0 Å². The molecule has 0 amide bonds. The second kappa shape index (κ2) is 9.60. The number of rotatable bonds is 6. The van der Waals surface area contributed by atoms with Gasteiger partial charge in [0.25, 0.3) is 0 Å². The normalized spacial score (nSPS) is 16.5. The zero-order valence-corrected chi connectivity index (χ0v) is 18.1. The van der Waals surface area contributed by atoms with Crippen molar-refractivity contribution in [2.75, 3.05) is 19.6 Å². The van der Waals surface area contributed by atoms with Crippen LogP contribution in [0.4, 0.5) is 0 Å². The summed E-state index contributed by atoms with van der Waals surface area (Å²) < 4.78 is 0. The number of aliphatic hydroxyl groups is 1. The highest BCUT2D eigenvalue weighted by molar-refractivity contribution is 14.0. The molecule has 0 spiro atoms. The van der Waals surface area contributed by atoms with Gasteiger partial charge < -0.3 is 20.7 Å². The summed E-state index contributed by atoms with van der Waals surface area (Å²) in [6, 6.07) is 8.43. The van der Waals surface area contributed by atoms with Gasteiger partial charge in [-0.3, -0.25) is 4.99 Å². The summed E-state index contributed by atoms with van der Waals surface area (Å²) in [4.78, 5) is 8.06. The van der Waals surface area contributed by atoms with Gasteiger partial charge in [-0.2, -0.15) is 0 Å². The lowest BCUT2D eigenvalue weighted by molar-refractivity contribution is 0.0574. The molecule has 1 aliphatic rings. The molecule has 3 rings (SSSR count). The Labute approximate surface area is 173 Å². The van der Waals surface area contributed by atoms with Crippen molar-refractivity contribution in [3.63, 3.8) is 0 Å². The summed E-state index contributed by atoms with van der Waals surface area (Å²) in [5, 5.41) is 18.4. The average molecular weight is 470 g/mol. The number of aryl methyl sites for hydroxylation is 1. The highest BCUT2D eigenvalue weighted by Crippen LogP contribution is 2.29. The first-order valence-electron chi connectivity index (χ1n) is 9.42. The fourth-order valence-electron chi connectivity index (χ4n) is 3.72. The number of nitrogens with one attached hydrogen (secondary N) is 3. The third-order valence-electron chi connectivity index (χ3n) is 5.10. The number of nitrogens with zero attached hydrogens (tertiary/aromatic N) is 1. The van der Waals surface area contributed by atoms with Crippen molar-refractivity contribution in [1.29, 1.82) is 0 Å². The maximum atomic E-state index is 10.5. The van der Waals surface area contributed by atoms with E-state index >= 15 is 0 Å². The second-order valence-corrected chi connectivity index (χ2v) is 7.08. The van der Waals surface area contributed by atoms with Gasteiger partial charge in [-0.15, -0.1) is 24.0 Å². The molecule has 5 nitrogen and oxygen atoms in total. The van der Waals surface area contributed by atoms with E-state index in [1.165, 1.54) is 22.2 Å². The molecule has 0 radical (unpaired) electrons. The van der Waals surface area contributed by atoms with E-state index in [4.69, 9.17) is 0 Å². The number of fused-ring (bicyclic) bond motifs is 1. The quantitative estimate of drug-likeness (QED) is 0.297. The molecule has 1 heterocycles. The molecule has 1 aromatic heterocycles. The van der Waals surface area contributed by atoms with Gasteiger partial charge in [-0.1, -0.05) is 31.0 Å². The number of guanidine groups is 1. The Morgan fingerprint density at radius 3 is 2.69 bits per heavy atom. The molecule has 6 heteroatoms. The standard InChI is InChI=1S/C20H30N4O.HI/c1-3-21-19(23-14-20(25)11-6-7-12-20)22-13-10-16-15(2)24-18-9-5-4-8-17(16)18;/h4-5,8-9,24-25H,3,6-7,10-14H2,1-2H3,(H2,21,22,23);1H. The van der Waals surface area contributed by atoms with Crippen molar-refractivity contribution in [3.8, 4) is 0 Å². The minimum Gasteiger partial charge on any atom is -0.388 e. The number of halogens is 1. The zero-order valence-electron chi connectivity index (χ0n) is 15.8. The van der Waals surface area contributed by atoms with Crippen LogP contribution in [0, 0.1) is 6.92 Å². The van der Waals surface area contributed by atoms with Crippen molar-refractivity contribution >= 4 is 40.8 Å². The molecule has 0 unspecified atom stereocenters. The summed E-state index contributed by atoms with van der Waals surface area (Å²) in [5.74, 6) is 0.792. The van der Waals surface area contributed by atoms with Gasteiger partial charge >= 0.3 is 0 Å². The topological polar surface area (TPSA) is 72.4 Å². The Hall–Kier alpha value is -1.28. The molecule has 0 saturated heterocycles. The summed E-state index contributed by atoms with van der Waals surface area (Å²) >= 11 is 0. The molecular weight excluding hydrogens is 439 g/mol. The van der Waals surface area contributed by atoms with Crippen LogP contribution in [0.15, 0.2) is 29.3 Å². The van der Waals surface area contributed by atoms with Crippen LogP contribution in [0.2, 0.25) is 0 Å². The van der Waals surface area contributed by atoms with E-state index in [9.17, 15) is 5.11 Å². The molecule has 1 aliphatic carbocycles. The maximum Gasteiger partial charge on any atom is 0.191 e. The Balaban J connectivity index is 0.00000243. The maximum absolute atomic E-state index is 10.5. The van der Waals surface area contributed by atoms with Crippen LogP contribution in [-0.2, 0) is 6.42 Å². The molecule has 1 fully saturated rings. The van der Waals surface area contributed by atoms with E-state index in [0.717, 1.165) is 51.2 Å². The van der Waals surface area contributed by atoms with Crippen LogP contribution in [0.5, 0.6) is 0 Å². The number of H-pyrrole nitrogens is 1. The molecule has 144 valence electrons. The van der Waals surface area contributed by atoms with Crippen LogP contribution in [-0.4, -0.2) is 41.3 Å². The van der Waals surface area contributed by atoms with Crippen molar-refractivity contribution < 1.29 is 5.11 Å². The van der Waals surface area contributed by atoms with Gasteiger partial charge in [0.15, 0.2) is 5.96 Å². The first-order chi connectivity index (χ1) is 12.1. The van der Waals surface area contributed by atoms with Gasteiger partial charge in [-0.05, 0) is 44.7 Å². The molecule has 1 saturated carbocycles. The number of benzene rings is 1. The van der Waals surface area contributed by atoms with E-state index in [0.29, 0.717) is 6.54 Å². The lowest BCUT2D eigenvalue weighted by atomic mass is 10.0. The number of aromatic amines is 1. The lowest BCUT2D eigenvalue weighted by Gasteiger charge is -2.20. The van der Waals surface area contributed by atoms with E-state index in [-0.39, 0.29) is 24.0 Å². The second-order valence-electron chi connectivity index (χ2n) is 7.08. The Morgan fingerprint density at radius 2 is 1.96 bits per heavy atom. The summed E-state index contributed by atoms with van der Waals surface area (Å²) in [6.07, 6.45) is 4.88. The number of aromatic nitrogens is 1. The van der Waals surface area contributed by atoms with E-state index in [2.05, 4.69) is 58.7 Å². The molecule has 26 heavy (non-hydrogen) atoms. The first-order valence-corrected chi connectivity index (χ1v) is 9.42. The third kappa shape index (κ3) is 5.13. The fourth-order valence-corrected chi connectivity index (χ4v) is 3.72. The highest BCUT2D eigenvalue weighted by Gasteiger charge is 2.30. The Bertz CT molecular complexity index is 734. The predicted octanol–water partition coefficient (Wildman–Crippen LogP) is 3.50. The van der Waals surface area contributed by atoms with Crippen molar-refractivity contribution in [3.05, 3.63) is 35.5 Å². The molecule has 0 atom stereocenters. The van der Waals surface area contributed by atoms with E-state index < -0.39 is 5.60 Å². The summed E-state index contributed by atoms with van der Waals surface area (Å²) in [7, 11) is 0. The van der Waals surface area contributed by atoms with Gasteiger partial charge in [0.05, 0.1) is 12.1 Å². The minimum absolute atomic E-state index is 0. The number of aliphatic imine (C=N–C) groups is 1. The fraction of sp³-hybridized carbons (Fsp3) is 0.550.